The number of nitrogens with two attached hydrogens (primary N) is 1. The van der Waals surface area contributed by atoms with E-state index < -0.39 is 0 Å². The molecule has 0 aliphatic rings. The number of benzene rings is 3. The summed E-state index contributed by atoms with van der Waals surface area (Å²) >= 11 is 0. The van der Waals surface area contributed by atoms with Gasteiger partial charge < -0.3 is 11.1 Å². The lowest BCUT2D eigenvalue weighted by Crippen LogP contribution is -2.18. The Bertz CT molecular complexity index is 1630. The van der Waals surface area contributed by atoms with Gasteiger partial charge in [0.2, 0.25) is 0 Å². The first-order chi connectivity index (χ1) is 20.9. The summed E-state index contributed by atoms with van der Waals surface area (Å²) in [6, 6.07) is 21.0. The van der Waals surface area contributed by atoms with Crippen molar-refractivity contribution in [3.63, 3.8) is 0 Å². The highest BCUT2D eigenvalue weighted by atomic mass is 14.9. The summed E-state index contributed by atoms with van der Waals surface area (Å²) in [7, 11) is 0. The molecule has 4 aromatic rings. The molecule has 0 fully saturated rings. The number of nitrogens with one attached hydrogen (secondary N) is 1. The van der Waals surface area contributed by atoms with Crippen molar-refractivity contribution in [2.75, 3.05) is 11.1 Å². The van der Waals surface area contributed by atoms with E-state index >= 15 is 0 Å². The largest absolute Gasteiger partial charge is 0.396 e. The quantitative estimate of drug-likeness (QED) is 0.239. The second kappa shape index (κ2) is 11.9. The number of hydrogen-bond acceptors (Lipinski definition) is 3. The van der Waals surface area contributed by atoms with Gasteiger partial charge in [-0.15, -0.1) is 0 Å². The molecule has 3 N–H and O–H groups in total. The number of pyridine rings is 1. The van der Waals surface area contributed by atoms with Gasteiger partial charge in [0.25, 0.3) is 0 Å². The fourth-order valence-electron chi connectivity index (χ4n) is 6.07. The maximum Gasteiger partial charge on any atom is 0.0739 e. The average Bonchev–Trinajstić information content (AvgIpc) is 2.91. The van der Waals surface area contributed by atoms with E-state index in [0.29, 0.717) is 5.69 Å². The minimum atomic E-state index is -0.0786. The number of rotatable bonds is 4. The molecule has 246 valence electrons. The third-order valence-electron chi connectivity index (χ3n) is 9.08. The minimum absolute atomic E-state index is 0.000798. The zero-order valence-electron chi connectivity index (χ0n) is 31.4. The van der Waals surface area contributed by atoms with Crippen LogP contribution in [-0.2, 0) is 27.1 Å². The van der Waals surface area contributed by atoms with Crippen LogP contribution in [-0.4, -0.2) is 4.98 Å². The van der Waals surface area contributed by atoms with Gasteiger partial charge in [-0.05, 0) is 84.2 Å². The highest BCUT2D eigenvalue weighted by Gasteiger charge is 2.30. The maximum absolute atomic E-state index is 6.58. The predicted octanol–water partition coefficient (Wildman–Crippen LogP) is 12.2. The van der Waals surface area contributed by atoms with Gasteiger partial charge in [-0.2, -0.15) is 0 Å². The van der Waals surface area contributed by atoms with E-state index in [-0.39, 0.29) is 27.1 Å². The molecule has 0 saturated heterocycles. The van der Waals surface area contributed by atoms with Crippen molar-refractivity contribution < 1.29 is 0 Å². The van der Waals surface area contributed by atoms with Crippen LogP contribution in [0.5, 0.6) is 0 Å². The number of nitrogen functional groups attached to an aromatic ring is 1. The molecule has 1 aromatic heterocycles. The van der Waals surface area contributed by atoms with E-state index in [1.165, 1.54) is 50.1 Å². The van der Waals surface area contributed by atoms with Gasteiger partial charge in [-0.25, -0.2) is 0 Å². The molecule has 1 heterocycles. The molecule has 46 heavy (non-hydrogen) atoms. The van der Waals surface area contributed by atoms with Gasteiger partial charge in [0.1, 0.15) is 0 Å². The van der Waals surface area contributed by atoms with E-state index in [4.69, 9.17) is 5.73 Å². The molecule has 0 unspecified atom stereocenters. The van der Waals surface area contributed by atoms with Crippen molar-refractivity contribution >= 4 is 17.1 Å². The van der Waals surface area contributed by atoms with Crippen LogP contribution in [0.3, 0.4) is 0 Å². The topological polar surface area (TPSA) is 50.9 Å². The Balaban J connectivity index is 2.30. The van der Waals surface area contributed by atoms with Crippen molar-refractivity contribution in [1.82, 2.24) is 4.98 Å². The third-order valence-corrected chi connectivity index (χ3v) is 9.08. The van der Waals surface area contributed by atoms with E-state index in [1.54, 1.807) is 6.20 Å². The fraction of sp³-hybridized carbons (Fsp3) is 0.465. The van der Waals surface area contributed by atoms with Crippen molar-refractivity contribution in [2.24, 2.45) is 0 Å². The Hall–Kier alpha value is -3.59. The molecule has 4 rings (SSSR count). The lowest BCUT2D eigenvalue weighted by Gasteiger charge is -2.32. The molecule has 0 atom stereocenters. The fourth-order valence-corrected chi connectivity index (χ4v) is 6.07. The molecular weight excluding hydrogens is 558 g/mol. The third kappa shape index (κ3) is 7.51. The molecule has 3 aromatic carbocycles. The van der Waals surface area contributed by atoms with Crippen LogP contribution < -0.4 is 11.1 Å². The predicted molar refractivity (Wildman–Crippen MR) is 203 cm³/mol. The van der Waals surface area contributed by atoms with Gasteiger partial charge in [-0.1, -0.05) is 140 Å². The second-order valence-electron chi connectivity index (χ2n) is 18.3. The van der Waals surface area contributed by atoms with E-state index in [0.717, 1.165) is 11.4 Å². The summed E-state index contributed by atoms with van der Waals surface area (Å²) in [4.78, 5) is 4.30. The van der Waals surface area contributed by atoms with Crippen molar-refractivity contribution in [2.45, 2.75) is 131 Å². The Morgan fingerprint density at radius 2 is 0.870 bits per heavy atom. The SMILES string of the molecule is CC(C)(C)c1ccc(C(C)(C)C)c(-c2cc(C(C)(C)C)cc(-c3cc(C(C)(C)C)ccc3C(C)(C)C)c2Nc2ccncc2N)c1. The molecule has 3 nitrogen and oxygen atoms in total. The van der Waals surface area contributed by atoms with Gasteiger partial charge in [0, 0.05) is 17.3 Å². The Kier molecular flexibility index (Phi) is 9.12. The maximum atomic E-state index is 6.58. The molecule has 0 aliphatic heterocycles. The highest BCUT2D eigenvalue weighted by molar-refractivity contribution is 5.97. The Labute approximate surface area is 280 Å². The Morgan fingerprint density at radius 1 is 0.478 bits per heavy atom. The van der Waals surface area contributed by atoms with Gasteiger partial charge in [0.05, 0.1) is 23.3 Å². The second-order valence-corrected chi connectivity index (χ2v) is 18.3. The van der Waals surface area contributed by atoms with Crippen LogP contribution in [0.1, 0.15) is 132 Å². The normalized spacial score (nSPS) is 13.2. The van der Waals surface area contributed by atoms with Gasteiger partial charge in [0.15, 0.2) is 0 Å². The molecular formula is C43H59N3. The summed E-state index contributed by atoms with van der Waals surface area (Å²) in [5.74, 6) is 0. The van der Waals surface area contributed by atoms with Crippen molar-refractivity contribution in [3.05, 3.63) is 94.8 Å². The smallest absolute Gasteiger partial charge is 0.0739 e. The molecule has 0 amide bonds. The highest BCUT2D eigenvalue weighted by Crippen LogP contribution is 2.49. The molecule has 0 radical (unpaired) electrons. The molecule has 0 spiro atoms. The van der Waals surface area contributed by atoms with Crippen LogP contribution in [0.15, 0.2) is 67.0 Å². The van der Waals surface area contributed by atoms with Crippen molar-refractivity contribution in [3.8, 4) is 22.3 Å². The Morgan fingerprint density at radius 3 is 1.22 bits per heavy atom. The number of aromatic nitrogens is 1. The molecule has 3 heteroatoms. The van der Waals surface area contributed by atoms with E-state index in [9.17, 15) is 0 Å². The van der Waals surface area contributed by atoms with Crippen LogP contribution in [0.4, 0.5) is 17.1 Å². The lowest BCUT2D eigenvalue weighted by molar-refractivity contribution is 0.577. The van der Waals surface area contributed by atoms with Gasteiger partial charge >= 0.3 is 0 Å². The number of nitrogens with zero attached hydrogens (tertiary/aromatic N) is 1. The monoisotopic (exact) mass is 617 g/mol. The first-order valence-corrected chi connectivity index (χ1v) is 16.8. The molecule has 0 aliphatic carbocycles. The van der Waals surface area contributed by atoms with E-state index in [2.05, 4.69) is 163 Å². The summed E-state index contributed by atoms with van der Waals surface area (Å²) in [5.41, 5.74) is 20.4. The average molecular weight is 618 g/mol. The molecule has 0 bridgehead atoms. The summed E-state index contributed by atoms with van der Waals surface area (Å²) < 4.78 is 0. The first kappa shape index (κ1) is 35.3. The number of hydrogen-bond donors (Lipinski definition) is 2. The summed E-state index contributed by atoms with van der Waals surface area (Å²) in [6.07, 6.45) is 3.54. The van der Waals surface area contributed by atoms with Crippen LogP contribution >= 0.6 is 0 Å². The lowest BCUT2D eigenvalue weighted by atomic mass is 9.74. The van der Waals surface area contributed by atoms with Gasteiger partial charge in [-0.3, -0.25) is 4.98 Å². The zero-order chi connectivity index (χ0) is 34.6. The summed E-state index contributed by atoms with van der Waals surface area (Å²) in [5, 5.41) is 3.89. The minimum Gasteiger partial charge on any atom is -0.396 e. The van der Waals surface area contributed by atoms with Crippen LogP contribution in [0.2, 0.25) is 0 Å². The summed E-state index contributed by atoms with van der Waals surface area (Å²) in [6.45, 7) is 34.6. The van der Waals surface area contributed by atoms with E-state index in [1.807, 2.05) is 12.3 Å². The molecule has 0 saturated carbocycles. The zero-order valence-corrected chi connectivity index (χ0v) is 31.4. The standard InChI is InChI=1S/C43H59N3/c1-39(2,3)27-16-18-34(42(10,11)12)30(22-27)32-24-29(41(7,8)9)25-33(38(32)46-37-20-21-45-26-36(37)44)31-23-28(40(4,5)6)17-19-35(31)43(13,14)15/h16-26H,44H2,1-15H3,(H,45,46). The first-order valence-electron chi connectivity index (χ1n) is 16.8. The van der Waals surface area contributed by atoms with Crippen molar-refractivity contribution in [1.29, 1.82) is 0 Å². The number of anilines is 3. The van der Waals surface area contributed by atoms with Crippen LogP contribution in [0, 0.1) is 0 Å². The van der Waals surface area contributed by atoms with Crippen LogP contribution in [0.25, 0.3) is 22.3 Å².